The van der Waals surface area contributed by atoms with E-state index < -0.39 is 0 Å². The van der Waals surface area contributed by atoms with E-state index in [9.17, 15) is 0 Å². The molecule has 6 nitrogen and oxygen atoms in total. The van der Waals surface area contributed by atoms with E-state index in [1.54, 1.807) is 6.20 Å². The second kappa shape index (κ2) is 5.53. The molecule has 1 heterocycles. The van der Waals surface area contributed by atoms with Crippen LogP contribution in [0.15, 0.2) is 30.5 Å². The number of allylic oxidation sites excluding steroid dienone is 1. The van der Waals surface area contributed by atoms with Gasteiger partial charge in [-0.05, 0) is 28.3 Å². The van der Waals surface area contributed by atoms with Crippen molar-refractivity contribution in [1.82, 2.24) is 20.6 Å². The first-order valence-electron chi connectivity index (χ1n) is 6.22. The summed E-state index contributed by atoms with van der Waals surface area (Å²) >= 11 is 0. The number of aromatic amines is 1. The zero-order valence-corrected chi connectivity index (χ0v) is 11.7. The van der Waals surface area contributed by atoms with Gasteiger partial charge in [-0.3, -0.25) is 0 Å². The molecule has 1 aromatic carbocycles. The van der Waals surface area contributed by atoms with Gasteiger partial charge in [0, 0.05) is 11.9 Å². The van der Waals surface area contributed by atoms with Crippen LogP contribution in [0.25, 0.3) is 5.57 Å². The van der Waals surface area contributed by atoms with Gasteiger partial charge < -0.3 is 5.32 Å². The fraction of sp³-hybridized carbons (Fsp3) is 0.286. The molecule has 0 bridgehead atoms. The maximum absolute atomic E-state index is 9.08. The van der Waals surface area contributed by atoms with Crippen LogP contribution >= 0.6 is 0 Å². The van der Waals surface area contributed by atoms with Crippen LogP contribution in [0.1, 0.15) is 32.2 Å². The van der Waals surface area contributed by atoms with Gasteiger partial charge in [0.2, 0.25) is 5.82 Å². The molecule has 2 rings (SSSR count). The van der Waals surface area contributed by atoms with E-state index >= 15 is 0 Å². The lowest BCUT2D eigenvalue weighted by atomic mass is 9.87. The molecule has 102 valence electrons. The Hall–Kier alpha value is -2.68. The van der Waals surface area contributed by atoms with Gasteiger partial charge in [0.15, 0.2) is 0 Å². The molecule has 2 aromatic rings. The molecule has 0 aliphatic carbocycles. The van der Waals surface area contributed by atoms with Crippen LogP contribution < -0.4 is 5.32 Å². The van der Waals surface area contributed by atoms with Crippen LogP contribution in [0.5, 0.6) is 0 Å². The fourth-order valence-corrected chi connectivity index (χ4v) is 1.65. The third-order valence-electron chi connectivity index (χ3n) is 2.82. The Morgan fingerprint density at radius 2 is 2.20 bits per heavy atom. The number of hydrogen-bond donors (Lipinski definition) is 2. The smallest absolute Gasteiger partial charge is 0.216 e. The summed E-state index contributed by atoms with van der Waals surface area (Å²) in [5.41, 5.74) is 2.52. The first-order chi connectivity index (χ1) is 9.50. The quantitative estimate of drug-likeness (QED) is 0.834. The molecule has 0 spiro atoms. The lowest BCUT2D eigenvalue weighted by molar-refractivity contribution is 0.590. The molecule has 6 heteroatoms. The Kier molecular flexibility index (Phi) is 3.80. The minimum absolute atomic E-state index is 0.0765. The van der Waals surface area contributed by atoms with Gasteiger partial charge in [0.25, 0.3) is 0 Å². The average Bonchev–Trinajstić information content (AvgIpc) is 2.93. The van der Waals surface area contributed by atoms with Crippen LogP contribution in [0.3, 0.4) is 0 Å². The number of benzene rings is 1. The number of tetrazole rings is 1. The van der Waals surface area contributed by atoms with Crippen molar-refractivity contribution in [1.29, 1.82) is 5.26 Å². The van der Waals surface area contributed by atoms with Gasteiger partial charge in [-0.1, -0.05) is 32.9 Å². The van der Waals surface area contributed by atoms with E-state index in [1.165, 1.54) is 5.56 Å². The highest BCUT2D eigenvalue weighted by atomic mass is 15.5. The molecule has 1 aromatic heterocycles. The monoisotopic (exact) mass is 268 g/mol. The summed E-state index contributed by atoms with van der Waals surface area (Å²) in [6.45, 7) is 6.46. The minimum atomic E-state index is 0.0765. The van der Waals surface area contributed by atoms with E-state index in [1.807, 2.05) is 18.2 Å². The highest BCUT2D eigenvalue weighted by molar-refractivity contribution is 5.74. The molecule has 0 saturated carbocycles. The normalized spacial score (nSPS) is 12.0. The number of anilines is 1. The summed E-state index contributed by atoms with van der Waals surface area (Å²) < 4.78 is 0. The number of nitriles is 1. The van der Waals surface area contributed by atoms with Crippen molar-refractivity contribution in [3.05, 3.63) is 41.9 Å². The van der Waals surface area contributed by atoms with E-state index in [-0.39, 0.29) is 11.2 Å². The van der Waals surface area contributed by atoms with E-state index in [0.29, 0.717) is 5.57 Å². The molecule has 0 unspecified atom stereocenters. The maximum atomic E-state index is 9.08. The number of aromatic nitrogens is 4. The molecule has 2 N–H and O–H groups in total. The molecule has 0 radical (unpaired) electrons. The van der Waals surface area contributed by atoms with E-state index in [2.05, 4.69) is 58.8 Å². The highest BCUT2D eigenvalue weighted by Gasteiger charge is 2.13. The number of rotatable bonds is 3. The third kappa shape index (κ3) is 3.20. The molecule has 0 fully saturated rings. The molecular formula is C14H16N6. The van der Waals surface area contributed by atoms with Crippen LogP contribution in [-0.4, -0.2) is 20.6 Å². The molecule has 0 atom stereocenters. The van der Waals surface area contributed by atoms with Crippen molar-refractivity contribution in [3.63, 3.8) is 0 Å². The van der Waals surface area contributed by atoms with Gasteiger partial charge >= 0.3 is 0 Å². The van der Waals surface area contributed by atoms with Gasteiger partial charge in [-0.2, -0.15) is 10.5 Å². The number of H-pyrrole nitrogens is 1. The Morgan fingerprint density at radius 3 is 2.80 bits per heavy atom. The second-order valence-corrected chi connectivity index (χ2v) is 5.38. The predicted molar refractivity (Wildman–Crippen MR) is 76.5 cm³/mol. The standard InChI is InChI=1S/C14H16N6/c1-14(2,3)11-5-4-6-12(7-11)16-9-10(8-15)13-17-19-20-18-13/h4-7,9,16H,1-3H3,(H,17,18,19,20). The van der Waals surface area contributed by atoms with Crippen molar-refractivity contribution in [2.75, 3.05) is 5.32 Å². The summed E-state index contributed by atoms with van der Waals surface area (Å²) in [5.74, 6) is 0.270. The van der Waals surface area contributed by atoms with Crippen molar-refractivity contribution in [2.45, 2.75) is 26.2 Å². The zero-order chi connectivity index (χ0) is 14.6. The molecule has 20 heavy (non-hydrogen) atoms. The maximum Gasteiger partial charge on any atom is 0.216 e. The SMILES string of the molecule is CC(C)(C)c1cccc(NC=C(C#N)c2nn[nH]n2)c1. The summed E-state index contributed by atoms with van der Waals surface area (Å²) in [6.07, 6.45) is 1.58. The van der Waals surface area contributed by atoms with Gasteiger partial charge in [-0.15, -0.1) is 10.2 Å². The fourth-order valence-electron chi connectivity index (χ4n) is 1.65. The van der Waals surface area contributed by atoms with Crippen molar-refractivity contribution < 1.29 is 0 Å². The molecule has 0 saturated heterocycles. The summed E-state index contributed by atoms with van der Waals surface area (Å²) in [6, 6.07) is 10.1. The first kappa shape index (κ1) is 13.7. The topological polar surface area (TPSA) is 90.3 Å². The predicted octanol–water partition coefficient (Wildman–Crippen LogP) is 2.47. The number of hydrogen-bond acceptors (Lipinski definition) is 5. The largest absolute Gasteiger partial charge is 0.360 e. The molecule has 0 aliphatic rings. The molecule has 0 aliphatic heterocycles. The van der Waals surface area contributed by atoms with Gasteiger partial charge in [0.1, 0.15) is 11.6 Å². The average molecular weight is 268 g/mol. The van der Waals surface area contributed by atoms with Crippen LogP contribution in [0.2, 0.25) is 0 Å². The lowest BCUT2D eigenvalue weighted by Gasteiger charge is -2.19. The highest BCUT2D eigenvalue weighted by Crippen LogP contribution is 2.24. The summed E-state index contributed by atoms with van der Waals surface area (Å²) in [5, 5.41) is 25.5. The Morgan fingerprint density at radius 1 is 1.40 bits per heavy atom. The van der Waals surface area contributed by atoms with Crippen LogP contribution in [0.4, 0.5) is 5.69 Å². The Bertz CT molecular complexity index is 643. The number of nitrogens with one attached hydrogen (secondary N) is 2. The lowest BCUT2D eigenvalue weighted by Crippen LogP contribution is -2.11. The van der Waals surface area contributed by atoms with Crippen LogP contribution in [-0.2, 0) is 5.41 Å². The van der Waals surface area contributed by atoms with Gasteiger partial charge in [0.05, 0.1) is 0 Å². The van der Waals surface area contributed by atoms with Crippen LogP contribution in [0, 0.1) is 11.3 Å². The summed E-state index contributed by atoms with van der Waals surface area (Å²) in [7, 11) is 0. The Balaban J connectivity index is 2.21. The minimum Gasteiger partial charge on any atom is -0.360 e. The zero-order valence-electron chi connectivity index (χ0n) is 11.7. The van der Waals surface area contributed by atoms with E-state index in [0.717, 1.165) is 5.69 Å². The molecule has 0 amide bonds. The van der Waals surface area contributed by atoms with Gasteiger partial charge in [-0.25, -0.2) is 0 Å². The van der Waals surface area contributed by atoms with Crippen molar-refractivity contribution in [3.8, 4) is 6.07 Å². The third-order valence-corrected chi connectivity index (χ3v) is 2.82. The first-order valence-corrected chi connectivity index (χ1v) is 6.22. The molecular weight excluding hydrogens is 252 g/mol. The summed E-state index contributed by atoms with van der Waals surface area (Å²) in [4.78, 5) is 0. The van der Waals surface area contributed by atoms with E-state index in [4.69, 9.17) is 5.26 Å². The van der Waals surface area contributed by atoms with Crippen molar-refractivity contribution >= 4 is 11.3 Å². The number of nitrogens with zero attached hydrogens (tertiary/aromatic N) is 4. The second-order valence-electron chi connectivity index (χ2n) is 5.38. The van der Waals surface area contributed by atoms with Crippen molar-refractivity contribution in [2.24, 2.45) is 0 Å². The Labute approximate surface area is 117 Å².